The summed E-state index contributed by atoms with van der Waals surface area (Å²) in [5.74, 6) is -0.596. The fraction of sp³-hybridized carbons (Fsp3) is 0.300. The van der Waals surface area contributed by atoms with Crippen LogP contribution in [0.3, 0.4) is 0 Å². The number of carbonyl (C=O) groups excluding carboxylic acids is 1. The average molecular weight is 374 g/mol. The van der Waals surface area contributed by atoms with Crippen LogP contribution in [0.2, 0.25) is 5.02 Å². The number of nitrogens with zero attached hydrogens (tertiary/aromatic N) is 1. The van der Waals surface area contributed by atoms with Crippen LogP contribution in [-0.4, -0.2) is 41.1 Å². The number of hydrogen-bond donors (Lipinski definition) is 1. The van der Waals surface area contributed by atoms with Crippen molar-refractivity contribution >= 4 is 23.5 Å². The molecule has 1 aliphatic heterocycles. The average Bonchev–Trinajstić information content (AvgIpc) is 2.90. The molecule has 0 bridgehead atoms. The molecule has 136 valence electrons. The SMILES string of the molecule is CN(CC(=O)O)C(=O)c1ccc2c(c1)C[C@@](C)(Cc1ccc(Cl)cc1)O2. The molecule has 1 N–H and O–H groups in total. The first-order valence-corrected chi connectivity index (χ1v) is 8.67. The number of rotatable bonds is 5. The van der Waals surface area contributed by atoms with Crippen LogP contribution in [0.25, 0.3) is 0 Å². The molecule has 0 fully saturated rings. The van der Waals surface area contributed by atoms with Gasteiger partial charge in [0.05, 0.1) is 0 Å². The Hall–Kier alpha value is -2.53. The number of carboxylic acid groups (broad SMARTS) is 1. The van der Waals surface area contributed by atoms with Crippen molar-refractivity contribution in [1.29, 1.82) is 0 Å². The molecule has 1 heterocycles. The highest BCUT2D eigenvalue weighted by molar-refractivity contribution is 6.30. The lowest BCUT2D eigenvalue weighted by Crippen LogP contribution is -2.33. The van der Waals surface area contributed by atoms with E-state index in [4.69, 9.17) is 21.4 Å². The monoisotopic (exact) mass is 373 g/mol. The van der Waals surface area contributed by atoms with Crippen LogP contribution in [0.1, 0.15) is 28.4 Å². The van der Waals surface area contributed by atoms with Crippen molar-refractivity contribution in [3.63, 3.8) is 0 Å². The van der Waals surface area contributed by atoms with E-state index in [-0.39, 0.29) is 12.5 Å². The molecule has 0 spiro atoms. The maximum atomic E-state index is 12.4. The summed E-state index contributed by atoms with van der Waals surface area (Å²) in [7, 11) is 1.48. The zero-order chi connectivity index (χ0) is 18.9. The second-order valence-corrected chi connectivity index (χ2v) is 7.35. The number of carbonyl (C=O) groups is 2. The van der Waals surface area contributed by atoms with Gasteiger partial charge in [-0.2, -0.15) is 0 Å². The highest BCUT2D eigenvalue weighted by Crippen LogP contribution is 2.37. The van der Waals surface area contributed by atoms with Gasteiger partial charge in [0.15, 0.2) is 0 Å². The summed E-state index contributed by atoms with van der Waals surface area (Å²) in [5, 5.41) is 9.54. The summed E-state index contributed by atoms with van der Waals surface area (Å²) >= 11 is 5.94. The van der Waals surface area contributed by atoms with Gasteiger partial charge in [0.1, 0.15) is 17.9 Å². The number of hydrogen-bond acceptors (Lipinski definition) is 3. The van der Waals surface area contributed by atoms with Crippen LogP contribution < -0.4 is 4.74 Å². The standard InChI is InChI=1S/C20H20ClNO4/c1-20(10-13-3-6-16(21)7-4-13)11-15-9-14(5-8-17(15)26-20)19(25)22(2)12-18(23)24/h3-9H,10-12H2,1-2H3,(H,23,24)/t20-/m1/s1. The molecule has 0 saturated carbocycles. The van der Waals surface area contributed by atoms with Gasteiger partial charge in [-0.05, 0) is 48.4 Å². The lowest BCUT2D eigenvalue weighted by molar-refractivity contribution is -0.137. The molecule has 1 atom stereocenters. The number of carboxylic acids is 1. The number of benzene rings is 2. The lowest BCUT2D eigenvalue weighted by Gasteiger charge is -2.24. The fourth-order valence-corrected chi connectivity index (χ4v) is 3.41. The minimum absolute atomic E-state index is 0.318. The predicted octanol–water partition coefficient (Wildman–Crippen LogP) is 3.43. The van der Waals surface area contributed by atoms with Gasteiger partial charge in [0.2, 0.25) is 0 Å². The molecule has 2 aromatic rings. The number of fused-ring (bicyclic) bond motifs is 1. The molecule has 5 nitrogen and oxygen atoms in total. The molecule has 6 heteroatoms. The van der Waals surface area contributed by atoms with Crippen molar-refractivity contribution in [2.75, 3.05) is 13.6 Å². The summed E-state index contributed by atoms with van der Waals surface area (Å²) < 4.78 is 6.14. The predicted molar refractivity (Wildman–Crippen MR) is 98.9 cm³/mol. The largest absolute Gasteiger partial charge is 0.487 e. The van der Waals surface area contributed by atoms with E-state index in [1.165, 1.54) is 11.9 Å². The first-order chi connectivity index (χ1) is 12.3. The Labute approximate surface area is 157 Å². The van der Waals surface area contributed by atoms with Crippen LogP contribution in [0.15, 0.2) is 42.5 Å². The molecular formula is C20H20ClNO4. The van der Waals surface area contributed by atoms with Crippen LogP contribution in [0, 0.1) is 0 Å². The van der Waals surface area contributed by atoms with E-state index in [1.54, 1.807) is 18.2 Å². The van der Waals surface area contributed by atoms with Crippen LogP contribution in [-0.2, 0) is 17.6 Å². The minimum atomic E-state index is -1.04. The van der Waals surface area contributed by atoms with E-state index in [2.05, 4.69) is 0 Å². The van der Waals surface area contributed by atoms with Gasteiger partial charge in [-0.25, -0.2) is 0 Å². The van der Waals surface area contributed by atoms with Gasteiger partial charge in [-0.1, -0.05) is 23.7 Å². The van der Waals surface area contributed by atoms with E-state index >= 15 is 0 Å². The number of aliphatic carboxylic acids is 1. The Morgan fingerprint density at radius 1 is 1.23 bits per heavy atom. The second-order valence-electron chi connectivity index (χ2n) is 6.91. The van der Waals surface area contributed by atoms with Gasteiger partial charge < -0.3 is 14.7 Å². The van der Waals surface area contributed by atoms with Crippen molar-refractivity contribution in [2.24, 2.45) is 0 Å². The molecule has 26 heavy (non-hydrogen) atoms. The molecule has 3 rings (SSSR count). The smallest absolute Gasteiger partial charge is 0.323 e. The van der Waals surface area contributed by atoms with Crippen molar-refractivity contribution in [1.82, 2.24) is 4.90 Å². The lowest BCUT2D eigenvalue weighted by atomic mass is 9.91. The molecule has 2 aromatic carbocycles. The first-order valence-electron chi connectivity index (χ1n) is 8.29. The van der Waals surface area contributed by atoms with Crippen LogP contribution in [0.4, 0.5) is 0 Å². The molecular weight excluding hydrogens is 354 g/mol. The van der Waals surface area contributed by atoms with Gasteiger partial charge in [-0.15, -0.1) is 0 Å². The number of halogens is 1. The van der Waals surface area contributed by atoms with E-state index in [1.807, 2.05) is 31.2 Å². The normalized spacial score (nSPS) is 18.1. The molecule has 0 aromatic heterocycles. The Kier molecular flexibility index (Phi) is 4.92. The number of ether oxygens (including phenoxy) is 1. The van der Waals surface area contributed by atoms with Gasteiger partial charge in [-0.3, -0.25) is 9.59 Å². The minimum Gasteiger partial charge on any atom is -0.487 e. The summed E-state index contributed by atoms with van der Waals surface area (Å²) in [5.41, 5.74) is 2.15. The summed E-state index contributed by atoms with van der Waals surface area (Å²) in [6.07, 6.45) is 1.40. The van der Waals surface area contributed by atoms with Crippen LogP contribution in [0.5, 0.6) is 5.75 Å². The Morgan fingerprint density at radius 3 is 2.58 bits per heavy atom. The molecule has 1 amide bonds. The van der Waals surface area contributed by atoms with E-state index in [0.29, 0.717) is 17.0 Å². The first kappa shape index (κ1) is 18.3. The fourth-order valence-electron chi connectivity index (χ4n) is 3.28. The van der Waals surface area contributed by atoms with Crippen molar-refractivity contribution in [2.45, 2.75) is 25.4 Å². The van der Waals surface area contributed by atoms with Gasteiger partial charge >= 0.3 is 5.97 Å². The zero-order valence-electron chi connectivity index (χ0n) is 14.7. The maximum absolute atomic E-state index is 12.4. The summed E-state index contributed by atoms with van der Waals surface area (Å²) in [6.45, 7) is 1.71. The van der Waals surface area contributed by atoms with Crippen molar-refractivity contribution in [3.8, 4) is 5.75 Å². The zero-order valence-corrected chi connectivity index (χ0v) is 15.4. The van der Waals surface area contributed by atoms with E-state index < -0.39 is 11.6 Å². The van der Waals surface area contributed by atoms with E-state index in [0.717, 1.165) is 23.3 Å². The van der Waals surface area contributed by atoms with Crippen molar-refractivity contribution in [3.05, 3.63) is 64.2 Å². The topological polar surface area (TPSA) is 66.8 Å². The molecule has 0 unspecified atom stereocenters. The maximum Gasteiger partial charge on any atom is 0.323 e. The molecule has 1 aliphatic rings. The van der Waals surface area contributed by atoms with Gasteiger partial charge in [0.25, 0.3) is 5.91 Å². The summed E-state index contributed by atoms with van der Waals surface area (Å²) in [4.78, 5) is 24.4. The van der Waals surface area contributed by atoms with Gasteiger partial charge in [0, 0.05) is 30.5 Å². The number of amides is 1. The Balaban J connectivity index is 1.75. The highest BCUT2D eigenvalue weighted by atomic mass is 35.5. The number of likely N-dealkylation sites (N-methyl/N-ethyl adjacent to an activating group) is 1. The molecule has 0 saturated heterocycles. The highest BCUT2D eigenvalue weighted by Gasteiger charge is 2.35. The van der Waals surface area contributed by atoms with Crippen LogP contribution >= 0.6 is 11.6 Å². The Bertz CT molecular complexity index is 849. The third-order valence-electron chi connectivity index (χ3n) is 4.44. The van der Waals surface area contributed by atoms with Crippen molar-refractivity contribution < 1.29 is 19.4 Å². The van der Waals surface area contributed by atoms with E-state index in [9.17, 15) is 9.59 Å². The third kappa shape index (κ3) is 3.99. The summed E-state index contributed by atoms with van der Waals surface area (Å²) in [6, 6.07) is 12.9. The quantitative estimate of drug-likeness (QED) is 0.871. The molecule has 0 aliphatic carbocycles. The second kappa shape index (κ2) is 7.00. The molecule has 0 radical (unpaired) electrons. The third-order valence-corrected chi connectivity index (χ3v) is 4.69. The Morgan fingerprint density at radius 2 is 1.92 bits per heavy atom.